The molecule has 1 aromatic carbocycles. The van der Waals surface area contributed by atoms with Gasteiger partial charge in [0.15, 0.2) is 0 Å². The lowest BCUT2D eigenvalue weighted by atomic mass is 10.2. The number of hydrogen-bond acceptors (Lipinski definition) is 2. The summed E-state index contributed by atoms with van der Waals surface area (Å²) in [6.45, 7) is 0. The number of amides is 1. The van der Waals surface area contributed by atoms with Gasteiger partial charge >= 0.3 is 0 Å². The summed E-state index contributed by atoms with van der Waals surface area (Å²) in [6, 6.07) is 7.52. The molecule has 1 amide bonds. The zero-order chi connectivity index (χ0) is 11.1. The van der Waals surface area contributed by atoms with Crippen LogP contribution in [0.3, 0.4) is 0 Å². The van der Waals surface area contributed by atoms with E-state index in [2.05, 4.69) is 0 Å². The Labute approximate surface area is 94.7 Å². The second-order valence-corrected chi connectivity index (χ2v) is 4.72. The van der Waals surface area contributed by atoms with Crippen molar-refractivity contribution in [1.29, 1.82) is 0 Å². The van der Waals surface area contributed by atoms with Gasteiger partial charge in [-0.3, -0.25) is 4.79 Å². The van der Waals surface area contributed by atoms with Crippen molar-refractivity contribution in [3.8, 4) is 5.75 Å². The Morgan fingerprint density at radius 3 is 2.00 bits per heavy atom. The van der Waals surface area contributed by atoms with Crippen molar-refractivity contribution in [3.05, 3.63) is 29.8 Å². The van der Waals surface area contributed by atoms with E-state index in [4.69, 9.17) is 0 Å². The Bertz CT molecular complexity index is 392. The maximum absolute atomic E-state index is 12.3. The second kappa shape index (κ2) is 3.51. The molecule has 3 rings (SSSR count). The SMILES string of the molecule is O=C(c1ccc(O)cc1)N(C1CC1)C1CC1. The molecule has 0 atom stereocenters. The minimum Gasteiger partial charge on any atom is -0.508 e. The summed E-state index contributed by atoms with van der Waals surface area (Å²) >= 11 is 0. The zero-order valence-electron chi connectivity index (χ0n) is 9.10. The standard InChI is InChI=1S/C13H15NO2/c15-12-7-1-9(2-8-12)13(16)14(10-3-4-10)11-5-6-11/h1-2,7-8,10-11,15H,3-6H2. The molecule has 0 heterocycles. The molecule has 0 saturated heterocycles. The molecule has 2 aliphatic rings. The van der Waals surface area contributed by atoms with Gasteiger partial charge in [0.25, 0.3) is 5.91 Å². The van der Waals surface area contributed by atoms with Gasteiger partial charge in [0, 0.05) is 17.6 Å². The fraction of sp³-hybridized carbons (Fsp3) is 0.462. The molecule has 0 unspecified atom stereocenters. The first-order chi connectivity index (χ1) is 7.75. The molecule has 3 nitrogen and oxygen atoms in total. The van der Waals surface area contributed by atoms with E-state index in [9.17, 15) is 9.90 Å². The second-order valence-electron chi connectivity index (χ2n) is 4.72. The Hall–Kier alpha value is -1.51. The maximum atomic E-state index is 12.3. The molecular formula is C13H15NO2. The molecule has 0 spiro atoms. The van der Waals surface area contributed by atoms with Gasteiger partial charge in [0.05, 0.1) is 0 Å². The van der Waals surface area contributed by atoms with Crippen LogP contribution in [0.15, 0.2) is 24.3 Å². The third-order valence-electron chi connectivity index (χ3n) is 3.23. The van der Waals surface area contributed by atoms with Crippen LogP contribution in [0.1, 0.15) is 36.0 Å². The number of benzene rings is 1. The number of phenolic OH excluding ortho intramolecular Hbond substituents is 1. The Kier molecular flexibility index (Phi) is 2.13. The van der Waals surface area contributed by atoms with Crippen molar-refractivity contribution < 1.29 is 9.90 Å². The average Bonchev–Trinajstić information content (AvgIpc) is 3.13. The predicted octanol–water partition coefficient (Wildman–Crippen LogP) is 2.16. The Balaban J connectivity index is 1.82. The number of aromatic hydroxyl groups is 1. The number of rotatable bonds is 3. The topological polar surface area (TPSA) is 40.5 Å². The van der Waals surface area contributed by atoms with E-state index in [0.29, 0.717) is 17.6 Å². The van der Waals surface area contributed by atoms with E-state index in [1.807, 2.05) is 4.90 Å². The quantitative estimate of drug-likeness (QED) is 0.842. The van der Waals surface area contributed by atoms with Crippen LogP contribution in [-0.2, 0) is 0 Å². The highest BCUT2D eigenvalue weighted by Gasteiger charge is 2.42. The lowest BCUT2D eigenvalue weighted by molar-refractivity contribution is 0.0730. The molecule has 0 radical (unpaired) electrons. The molecule has 1 aromatic rings. The number of phenols is 1. The molecule has 84 valence electrons. The van der Waals surface area contributed by atoms with Gasteiger partial charge in [-0.15, -0.1) is 0 Å². The minimum atomic E-state index is 0.130. The number of nitrogens with zero attached hydrogens (tertiary/aromatic N) is 1. The largest absolute Gasteiger partial charge is 0.508 e. The van der Waals surface area contributed by atoms with Crippen molar-refractivity contribution in [2.45, 2.75) is 37.8 Å². The number of hydrogen-bond donors (Lipinski definition) is 1. The van der Waals surface area contributed by atoms with E-state index in [-0.39, 0.29) is 11.7 Å². The van der Waals surface area contributed by atoms with Crippen molar-refractivity contribution in [1.82, 2.24) is 4.90 Å². The third-order valence-corrected chi connectivity index (χ3v) is 3.23. The van der Waals surface area contributed by atoms with Gasteiger partial charge in [0.1, 0.15) is 5.75 Å². The van der Waals surface area contributed by atoms with Gasteiger partial charge in [-0.2, -0.15) is 0 Å². The van der Waals surface area contributed by atoms with Crippen molar-refractivity contribution in [2.24, 2.45) is 0 Å². The molecule has 0 bridgehead atoms. The third kappa shape index (κ3) is 1.77. The van der Waals surface area contributed by atoms with Crippen molar-refractivity contribution in [3.63, 3.8) is 0 Å². The van der Waals surface area contributed by atoms with E-state index < -0.39 is 0 Å². The van der Waals surface area contributed by atoms with Gasteiger partial charge in [-0.05, 0) is 49.9 Å². The number of carbonyl (C=O) groups excluding carboxylic acids is 1. The first-order valence-electron chi connectivity index (χ1n) is 5.87. The van der Waals surface area contributed by atoms with E-state index >= 15 is 0 Å². The molecule has 0 aromatic heterocycles. The summed E-state index contributed by atoms with van der Waals surface area (Å²) in [5.74, 6) is 0.339. The van der Waals surface area contributed by atoms with Gasteiger partial charge < -0.3 is 10.0 Å². The van der Waals surface area contributed by atoms with Crippen LogP contribution in [0.2, 0.25) is 0 Å². The van der Waals surface area contributed by atoms with Gasteiger partial charge in [-0.25, -0.2) is 0 Å². The summed E-state index contributed by atoms with van der Waals surface area (Å²) in [5.41, 5.74) is 0.691. The minimum absolute atomic E-state index is 0.130. The molecular weight excluding hydrogens is 202 g/mol. The van der Waals surface area contributed by atoms with Crippen LogP contribution in [0.4, 0.5) is 0 Å². The molecule has 2 fully saturated rings. The fourth-order valence-electron chi connectivity index (χ4n) is 2.09. The van der Waals surface area contributed by atoms with E-state index in [1.165, 1.54) is 0 Å². The average molecular weight is 217 g/mol. The van der Waals surface area contributed by atoms with Gasteiger partial charge in [-0.1, -0.05) is 0 Å². The van der Waals surface area contributed by atoms with Crippen LogP contribution in [-0.4, -0.2) is 28.0 Å². The highest BCUT2D eigenvalue weighted by atomic mass is 16.3. The van der Waals surface area contributed by atoms with Gasteiger partial charge in [0.2, 0.25) is 0 Å². The smallest absolute Gasteiger partial charge is 0.254 e. The lowest BCUT2D eigenvalue weighted by Gasteiger charge is -2.22. The predicted molar refractivity (Wildman–Crippen MR) is 60.3 cm³/mol. The first-order valence-corrected chi connectivity index (χ1v) is 5.87. The normalized spacial score (nSPS) is 19.5. The Morgan fingerprint density at radius 1 is 1.06 bits per heavy atom. The summed E-state index contributed by atoms with van der Waals surface area (Å²) < 4.78 is 0. The Morgan fingerprint density at radius 2 is 1.56 bits per heavy atom. The van der Waals surface area contributed by atoms with Crippen LogP contribution >= 0.6 is 0 Å². The molecule has 16 heavy (non-hydrogen) atoms. The van der Waals surface area contributed by atoms with Crippen LogP contribution in [0, 0.1) is 0 Å². The summed E-state index contributed by atoms with van der Waals surface area (Å²) in [5, 5.41) is 9.20. The molecule has 0 aliphatic heterocycles. The summed E-state index contributed by atoms with van der Waals surface area (Å²) in [4.78, 5) is 14.3. The van der Waals surface area contributed by atoms with E-state index in [1.54, 1.807) is 24.3 Å². The molecule has 2 saturated carbocycles. The summed E-state index contributed by atoms with van der Waals surface area (Å²) in [6.07, 6.45) is 4.61. The fourth-order valence-corrected chi connectivity index (χ4v) is 2.09. The zero-order valence-corrected chi connectivity index (χ0v) is 9.10. The van der Waals surface area contributed by atoms with Crippen molar-refractivity contribution in [2.75, 3.05) is 0 Å². The molecule has 1 N–H and O–H groups in total. The maximum Gasteiger partial charge on any atom is 0.254 e. The molecule has 2 aliphatic carbocycles. The van der Waals surface area contributed by atoms with Crippen LogP contribution in [0.25, 0.3) is 0 Å². The van der Waals surface area contributed by atoms with Crippen LogP contribution < -0.4 is 0 Å². The highest BCUT2D eigenvalue weighted by molar-refractivity contribution is 5.95. The lowest BCUT2D eigenvalue weighted by Crippen LogP contribution is -2.35. The highest BCUT2D eigenvalue weighted by Crippen LogP contribution is 2.38. The van der Waals surface area contributed by atoms with Crippen LogP contribution in [0.5, 0.6) is 5.75 Å². The first kappa shape index (κ1) is 9.70. The summed E-state index contributed by atoms with van der Waals surface area (Å²) in [7, 11) is 0. The monoisotopic (exact) mass is 217 g/mol. The van der Waals surface area contributed by atoms with E-state index in [0.717, 1.165) is 25.7 Å². The number of carbonyl (C=O) groups is 1. The van der Waals surface area contributed by atoms with Crippen molar-refractivity contribution >= 4 is 5.91 Å². The molecule has 3 heteroatoms.